The summed E-state index contributed by atoms with van der Waals surface area (Å²) in [6.07, 6.45) is 2.41. The number of carboxylic acids is 1. The maximum Gasteiger partial charge on any atom is 0.304 e. The van der Waals surface area contributed by atoms with Gasteiger partial charge in [0.15, 0.2) is 0 Å². The summed E-state index contributed by atoms with van der Waals surface area (Å²) in [4.78, 5) is 10.4. The van der Waals surface area contributed by atoms with E-state index in [0.29, 0.717) is 12.2 Å². The SMILES string of the molecule is CCC(CSC)NS(=O)(=O)N(C)CCC(=O)O. The molecule has 17 heavy (non-hydrogen) atoms. The molecule has 0 amide bonds. The summed E-state index contributed by atoms with van der Waals surface area (Å²) in [5.74, 6) is -0.314. The first-order valence-corrected chi connectivity index (χ1v) is 8.11. The Morgan fingerprint density at radius 1 is 1.53 bits per heavy atom. The van der Waals surface area contributed by atoms with E-state index in [9.17, 15) is 13.2 Å². The number of rotatable bonds is 9. The van der Waals surface area contributed by atoms with Crippen LogP contribution in [0.4, 0.5) is 0 Å². The summed E-state index contributed by atoms with van der Waals surface area (Å²) < 4.78 is 27.2. The Balaban J connectivity index is 4.39. The lowest BCUT2D eigenvalue weighted by molar-refractivity contribution is -0.137. The van der Waals surface area contributed by atoms with Crippen LogP contribution in [0.1, 0.15) is 19.8 Å². The Labute approximate surface area is 107 Å². The second kappa shape index (κ2) is 7.91. The molecule has 0 fully saturated rings. The molecule has 0 aliphatic rings. The molecule has 0 spiro atoms. The highest BCUT2D eigenvalue weighted by atomic mass is 32.2. The zero-order chi connectivity index (χ0) is 13.5. The van der Waals surface area contributed by atoms with Crippen molar-refractivity contribution in [3.8, 4) is 0 Å². The zero-order valence-corrected chi connectivity index (χ0v) is 12.0. The average Bonchev–Trinajstić information content (AvgIpc) is 2.24. The number of hydrogen-bond acceptors (Lipinski definition) is 4. The molecule has 8 heteroatoms. The van der Waals surface area contributed by atoms with Gasteiger partial charge in [0.1, 0.15) is 0 Å². The molecular weight excluding hydrogens is 264 g/mol. The molecule has 6 nitrogen and oxygen atoms in total. The summed E-state index contributed by atoms with van der Waals surface area (Å²) in [6, 6.07) is -0.123. The molecule has 0 aromatic rings. The number of hydrogen-bond donors (Lipinski definition) is 2. The fraction of sp³-hybridized carbons (Fsp3) is 0.889. The van der Waals surface area contributed by atoms with E-state index in [1.807, 2.05) is 13.2 Å². The number of aliphatic carboxylic acids is 1. The minimum absolute atomic E-state index is 0.0274. The third kappa shape index (κ3) is 6.87. The van der Waals surface area contributed by atoms with Crippen molar-refractivity contribution >= 4 is 27.9 Å². The van der Waals surface area contributed by atoms with Crippen LogP contribution in [-0.2, 0) is 15.0 Å². The summed E-state index contributed by atoms with van der Waals surface area (Å²) >= 11 is 1.57. The molecule has 0 saturated heterocycles. The zero-order valence-electron chi connectivity index (χ0n) is 10.3. The van der Waals surface area contributed by atoms with Gasteiger partial charge in [-0.25, -0.2) is 0 Å². The monoisotopic (exact) mass is 284 g/mol. The van der Waals surface area contributed by atoms with Crippen LogP contribution < -0.4 is 4.72 Å². The Hall–Kier alpha value is -0.310. The molecule has 1 unspecified atom stereocenters. The van der Waals surface area contributed by atoms with E-state index in [2.05, 4.69) is 4.72 Å². The quantitative estimate of drug-likeness (QED) is 0.639. The van der Waals surface area contributed by atoms with Gasteiger partial charge in [-0.15, -0.1) is 0 Å². The number of thioether (sulfide) groups is 1. The van der Waals surface area contributed by atoms with E-state index in [1.165, 1.54) is 7.05 Å². The Bertz CT molecular complexity index is 332. The van der Waals surface area contributed by atoms with Crippen molar-refractivity contribution < 1.29 is 18.3 Å². The highest BCUT2D eigenvalue weighted by Gasteiger charge is 2.21. The van der Waals surface area contributed by atoms with Gasteiger partial charge in [-0.1, -0.05) is 6.92 Å². The number of nitrogens with zero attached hydrogens (tertiary/aromatic N) is 1. The van der Waals surface area contributed by atoms with Crippen molar-refractivity contribution in [3.63, 3.8) is 0 Å². The molecule has 0 bridgehead atoms. The maximum atomic E-state index is 11.8. The van der Waals surface area contributed by atoms with Crippen LogP contribution in [0.15, 0.2) is 0 Å². The van der Waals surface area contributed by atoms with Crippen molar-refractivity contribution in [2.75, 3.05) is 25.6 Å². The van der Waals surface area contributed by atoms with Gasteiger partial charge in [0.2, 0.25) is 0 Å². The molecule has 0 rings (SSSR count). The molecule has 0 aliphatic heterocycles. The van der Waals surface area contributed by atoms with Gasteiger partial charge < -0.3 is 5.11 Å². The second-order valence-electron chi connectivity index (χ2n) is 3.65. The van der Waals surface area contributed by atoms with E-state index in [0.717, 1.165) is 4.31 Å². The second-order valence-corrected chi connectivity index (χ2v) is 6.37. The van der Waals surface area contributed by atoms with Crippen molar-refractivity contribution in [2.45, 2.75) is 25.8 Å². The predicted octanol–water partition coefficient (Wildman–Crippen LogP) is 0.369. The minimum Gasteiger partial charge on any atom is -0.481 e. The first-order valence-electron chi connectivity index (χ1n) is 5.27. The highest BCUT2D eigenvalue weighted by molar-refractivity contribution is 7.98. The van der Waals surface area contributed by atoms with E-state index < -0.39 is 16.2 Å². The molecule has 102 valence electrons. The number of carboxylic acid groups (broad SMARTS) is 1. The van der Waals surface area contributed by atoms with E-state index in [-0.39, 0.29) is 19.0 Å². The van der Waals surface area contributed by atoms with Gasteiger partial charge in [-0.05, 0) is 12.7 Å². The van der Waals surface area contributed by atoms with Crippen LogP contribution in [0.5, 0.6) is 0 Å². The first kappa shape index (κ1) is 16.7. The highest BCUT2D eigenvalue weighted by Crippen LogP contribution is 2.05. The van der Waals surface area contributed by atoms with Crippen LogP contribution in [0.2, 0.25) is 0 Å². The van der Waals surface area contributed by atoms with Gasteiger partial charge in [0.25, 0.3) is 10.2 Å². The van der Waals surface area contributed by atoms with Crippen LogP contribution >= 0.6 is 11.8 Å². The van der Waals surface area contributed by atoms with Crippen molar-refractivity contribution in [1.29, 1.82) is 0 Å². The molecule has 0 saturated carbocycles. The van der Waals surface area contributed by atoms with Crippen LogP contribution in [0.3, 0.4) is 0 Å². The molecule has 0 radical (unpaired) electrons. The van der Waals surface area contributed by atoms with E-state index >= 15 is 0 Å². The van der Waals surface area contributed by atoms with E-state index in [4.69, 9.17) is 5.11 Å². The lowest BCUT2D eigenvalue weighted by atomic mass is 10.3. The van der Waals surface area contributed by atoms with E-state index in [1.54, 1.807) is 11.8 Å². The fourth-order valence-corrected chi connectivity index (χ4v) is 3.12. The molecule has 0 aliphatic carbocycles. The first-order chi connectivity index (χ1) is 7.83. The lowest BCUT2D eigenvalue weighted by Gasteiger charge is -2.21. The molecule has 0 aromatic carbocycles. The Kier molecular flexibility index (Phi) is 7.77. The third-order valence-corrected chi connectivity index (χ3v) is 4.60. The van der Waals surface area contributed by atoms with Gasteiger partial charge >= 0.3 is 5.97 Å². The molecule has 1 atom stereocenters. The smallest absolute Gasteiger partial charge is 0.304 e. The van der Waals surface area contributed by atoms with Gasteiger partial charge in [0.05, 0.1) is 6.42 Å². The van der Waals surface area contributed by atoms with Gasteiger partial charge in [-0.3, -0.25) is 4.79 Å². The van der Waals surface area contributed by atoms with Crippen molar-refractivity contribution in [2.24, 2.45) is 0 Å². The predicted molar refractivity (Wildman–Crippen MR) is 69.4 cm³/mol. The normalized spacial score (nSPS) is 13.9. The van der Waals surface area contributed by atoms with Gasteiger partial charge in [0, 0.05) is 25.4 Å². The van der Waals surface area contributed by atoms with Crippen LogP contribution in [0.25, 0.3) is 0 Å². The Morgan fingerprint density at radius 3 is 2.53 bits per heavy atom. The van der Waals surface area contributed by atoms with Crippen molar-refractivity contribution in [3.05, 3.63) is 0 Å². The topological polar surface area (TPSA) is 86.7 Å². The summed E-state index contributed by atoms with van der Waals surface area (Å²) in [5.41, 5.74) is 0. The maximum absolute atomic E-state index is 11.8. The summed E-state index contributed by atoms with van der Waals surface area (Å²) in [6.45, 7) is 1.88. The van der Waals surface area contributed by atoms with Gasteiger partial charge in [-0.2, -0.15) is 29.2 Å². The number of carbonyl (C=O) groups is 1. The standard InChI is InChI=1S/C9H20N2O4S2/c1-4-8(7-16-3)10-17(14,15)11(2)6-5-9(12)13/h8,10H,4-7H2,1-3H3,(H,12,13). The molecule has 0 heterocycles. The molecule has 2 N–H and O–H groups in total. The van der Waals surface area contributed by atoms with Crippen LogP contribution in [0, 0.1) is 0 Å². The lowest BCUT2D eigenvalue weighted by Crippen LogP contribution is -2.45. The molecular formula is C9H20N2O4S2. The minimum atomic E-state index is -3.58. The van der Waals surface area contributed by atoms with Crippen LogP contribution in [-0.4, -0.2) is 55.4 Å². The number of nitrogens with one attached hydrogen (secondary N) is 1. The summed E-state index contributed by atoms with van der Waals surface area (Å²) in [5, 5.41) is 8.50. The Morgan fingerprint density at radius 2 is 2.12 bits per heavy atom. The third-order valence-electron chi connectivity index (χ3n) is 2.23. The molecule has 0 aromatic heterocycles. The summed E-state index contributed by atoms with van der Waals surface area (Å²) in [7, 11) is -2.21. The van der Waals surface area contributed by atoms with Crippen molar-refractivity contribution in [1.82, 2.24) is 9.03 Å². The fourth-order valence-electron chi connectivity index (χ4n) is 1.11. The average molecular weight is 284 g/mol. The largest absolute Gasteiger partial charge is 0.481 e.